The largest absolute Gasteiger partial charge is 0.550 e. The lowest BCUT2D eigenvalue weighted by atomic mass is 10.2. The second-order valence-electron chi connectivity index (χ2n) is 4.01. The molecule has 0 radical (unpaired) electrons. The fourth-order valence-corrected chi connectivity index (χ4v) is 3.04. The monoisotopic (exact) mass is 326 g/mol. The highest BCUT2D eigenvalue weighted by Gasteiger charge is 2.31. The van der Waals surface area contributed by atoms with Crippen LogP contribution in [0.3, 0.4) is 0 Å². The lowest BCUT2D eigenvalue weighted by Crippen LogP contribution is -2.33. The molecule has 4 nitrogen and oxygen atoms in total. The molecular weight excluding hydrogens is 318 g/mol. The zero-order chi connectivity index (χ0) is 14.7. The van der Waals surface area contributed by atoms with E-state index in [1.807, 2.05) is 0 Å². The van der Waals surface area contributed by atoms with Crippen molar-refractivity contribution in [2.24, 2.45) is 0 Å². The van der Waals surface area contributed by atoms with Crippen molar-refractivity contribution in [3.63, 3.8) is 0 Å². The van der Waals surface area contributed by atoms with Gasteiger partial charge in [-0.05, 0) is 23.8 Å². The molecule has 0 atom stereocenters. The maximum absolute atomic E-state index is 12.1. The quantitative estimate of drug-likeness (QED) is 0.622. The van der Waals surface area contributed by atoms with Crippen LogP contribution >= 0.6 is 35.6 Å². The molecule has 1 saturated heterocycles. The number of nitrogens with zero attached hydrogens (tertiary/aromatic N) is 1. The standard InChI is InChI=1S/C13H10ClNO3S2/c14-9-3-1-8(2-4-9)7-10-12(18)15(13(19)20-10)6-5-11(16)17/h1-4,7H,5-6H2,(H,16,17)/p-1/b10-7+. The number of amides is 1. The summed E-state index contributed by atoms with van der Waals surface area (Å²) in [5, 5.41) is 11.1. The number of rotatable bonds is 4. The second-order valence-corrected chi connectivity index (χ2v) is 6.12. The van der Waals surface area contributed by atoms with Crippen molar-refractivity contribution in [1.29, 1.82) is 0 Å². The van der Waals surface area contributed by atoms with E-state index in [-0.39, 0.29) is 18.9 Å². The number of carbonyl (C=O) groups excluding carboxylic acids is 2. The summed E-state index contributed by atoms with van der Waals surface area (Å²) in [7, 11) is 0. The van der Waals surface area contributed by atoms with Crippen molar-refractivity contribution in [3.8, 4) is 0 Å². The number of hydrogen-bond donors (Lipinski definition) is 0. The van der Waals surface area contributed by atoms with E-state index in [9.17, 15) is 14.7 Å². The van der Waals surface area contributed by atoms with Gasteiger partial charge in [0.05, 0.1) is 4.91 Å². The Kier molecular flexibility index (Phi) is 4.80. The minimum atomic E-state index is -1.21. The van der Waals surface area contributed by atoms with Gasteiger partial charge in [0.25, 0.3) is 5.91 Å². The van der Waals surface area contributed by atoms with Crippen molar-refractivity contribution < 1.29 is 14.7 Å². The maximum Gasteiger partial charge on any atom is 0.266 e. The molecule has 0 N–H and O–H groups in total. The first-order valence-corrected chi connectivity index (χ1v) is 7.28. The van der Waals surface area contributed by atoms with Crippen LogP contribution in [-0.2, 0) is 9.59 Å². The van der Waals surface area contributed by atoms with Gasteiger partial charge in [0, 0.05) is 24.0 Å². The number of benzene rings is 1. The van der Waals surface area contributed by atoms with Gasteiger partial charge >= 0.3 is 0 Å². The number of thioether (sulfide) groups is 1. The number of carbonyl (C=O) groups is 2. The van der Waals surface area contributed by atoms with Crippen LogP contribution in [0.15, 0.2) is 29.2 Å². The fraction of sp³-hybridized carbons (Fsp3) is 0.154. The molecule has 0 aromatic heterocycles. The molecule has 1 fully saturated rings. The van der Waals surface area contributed by atoms with E-state index in [1.54, 1.807) is 30.3 Å². The summed E-state index contributed by atoms with van der Waals surface area (Å²) in [5.41, 5.74) is 0.829. The summed E-state index contributed by atoms with van der Waals surface area (Å²) >= 11 is 12.0. The van der Waals surface area contributed by atoms with E-state index in [0.717, 1.165) is 17.3 Å². The van der Waals surface area contributed by atoms with Crippen LogP contribution in [0.25, 0.3) is 6.08 Å². The summed E-state index contributed by atoms with van der Waals surface area (Å²) in [5.74, 6) is -1.49. The molecule has 1 heterocycles. The summed E-state index contributed by atoms with van der Waals surface area (Å²) in [6.45, 7) is 0.0327. The Balaban J connectivity index is 2.14. The molecule has 20 heavy (non-hydrogen) atoms. The first-order valence-electron chi connectivity index (χ1n) is 5.68. The van der Waals surface area contributed by atoms with Gasteiger partial charge in [0.1, 0.15) is 4.32 Å². The van der Waals surface area contributed by atoms with Gasteiger partial charge in [-0.25, -0.2) is 0 Å². The van der Waals surface area contributed by atoms with Crippen LogP contribution in [0.5, 0.6) is 0 Å². The zero-order valence-electron chi connectivity index (χ0n) is 10.2. The zero-order valence-corrected chi connectivity index (χ0v) is 12.6. The normalized spacial score (nSPS) is 17.1. The SMILES string of the molecule is O=C([O-])CCN1C(=O)/C(=C\c2ccc(Cl)cc2)SC1=S. The lowest BCUT2D eigenvalue weighted by molar-refractivity contribution is -0.305. The Labute approximate surface area is 130 Å². The van der Waals surface area contributed by atoms with E-state index in [1.165, 1.54) is 4.90 Å². The van der Waals surface area contributed by atoms with Crippen LogP contribution in [0, 0.1) is 0 Å². The Morgan fingerprint density at radius 2 is 2.05 bits per heavy atom. The third kappa shape index (κ3) is 3.59. The average molecular weight is 327 g/mol. The van der Waals surface area contributed by atoms with Crippen molar-refractivity contribution in [3.05, 3.63) is 39.8 Å². The number of thiocarbonyl (C=S) groups is 1. The highest BCUT2D eigenvalue weighted by Crippen LogP contribution is 2.32. The highest BCUT2D eigenvalue weighted by atomic mass is 35.5. The van der Waals surface area contributed by atoms with Crippen LogP contribution < -0.4 is 5.11 Å². The average Bonchev–Trinajstić information content (AvgIpc) is 2.65. The summed E-state index contributed by atoms with van der Waals surface area (Å²) in [6.07, 6.45) is 1.47. The van der Waals surface area contributed by atoms with E-state index in [4.69, 9.17) is 23.8 Å². The Morgan fingerprint density at radius 3 is 2.65 bits per heavy atom. The third-order valence-electron chi connectivity index (χ3n) is 2.58. The summed E-state index contributed by atoms with van der Waals surface area (Å²) < 4.78 is 0.358. The van der Waals surface area contributed by atoms with Crippen molar-refractivity contribution in [2.75, 3.05) is 6.54 Å². The Bertz CT molecular complexity index is 598. The number of aliphatic carboxylic acids is 1. The predicted molar refractivity (Wildman–Crippen MR) is 81.0 cm³/mol. The third-order valence-corrected chi connectivity index (χ3v) is 4.21. The van der Waals surface area contributed by atoms with Crippen LogP contribution in [0.1, 0.15) is 12.0 Å². The molecule has 1 aromatic carbocycles. The van der Waals surface area contributed by atoms with Gasteiger partial charge < -0.3 is 9.90 Å². The van der Waals surface area contributed by atoms with Crippen LogP contribution in [0.4, 0.5) is 0 Å². The van der Waals surface area contributed by atoms with Crippen molar-refractivity contribution >= 4 is 57.9 Å². The molecule has 0 aliphatic carbocycles. The fourth-order valence-electron chi connectivity index (χ4n) is 1.61. The van der Waals surface area contributed by atoms with Crippen LogP contribution in [0.2, 0.25) is 5.02 Å². The first kappa shape index (κ1) is 15.0. The molecular formula is C13H9ClNO3S2-. The topological polar surface area (TPSA) is 60.4 Å². The summed E-state index contributed by atoms with van der Waals surface area (Å²) in [4.78, 5) is 24.3. The maximum atomic E-state index is 12.1. The number of halogens is 1. The molecule has 0 bridgehead atoms. The molecule has 1 amide bonds. The minimum absolute atomic E-state index is 0.0327. The molecule has 1 aromatic rings. The number of carboxylic acid groups (broad SMARTS) is 1. The van der Waals surface area contributed by atoms with Gasteiger partial charge in [0.2, 0.25) is 0 Å². The molecule has 7 heteroatoms. The van der Waals surface area contributed by atoms with Gasteiger partial charge in [-0.2, -0.15) is 0 Å². The molecule has 2 rings (SSSR count). The predicted octanol–water partition coefficient (Wildman–Crippen LogP) is 1.68. The van der Waals surface area contributed by atoms with Gasteiger partial charge in [0.15, 0.2) is 0 Å². The smallest absolute Gasteiger partial charge is 0.266 e. The lowest BCUT2D eigenvalue weighted by Gasteiger charge is -2.14. The Morgan fingerprint density at radius 1 is 1.40 bits per heavy atom. The van der Waals surface area contributed by atoms with Gasteiger partial charge in [-0.3, -0.25) is 9.69 Å². The molecule has 0 unspecified atom stereocenters. The second kappa shape index (κ2) is 6.39. The van der Waals surface area contributed by atoms with Crippen LogP contribution in [-0.4, -0.2) is 27.6 Å². The molecule has 104 valence electrons. The molecule has 1 aliphatic rings. The molecule has 0 saturated carbocycles. The number of hydrogen-bond acceptors (Lipinski definition) is 5. The number of carboxylic acids is 1. The summed E-state index contributed by atoms with van der Waals surface area (Å²) in [6, 6.07) is 7.03. The molecule has 1 aliphatic heterocycles. The Hall–Kier alpha value is -1.37. The van der Waals surface area contributed by atoms with Gasteiger partial charge in [-0.1, -0.05) is 47.7 Å². The van der Waals surface area contributed by atoms with Crippen molar-refractivity contribution in [1.82, 2.24) is 4.90 Å². The first-order chi connectivity index (χ1) is 9.47. The minimum Gasteiger partial charge on any atom is -0.550 e. The van der Waals surface area contributed by atoms with E-state index < -0.39 is 5.97 Å². The van der Waals surface area contributed by atoms with E-state index >= 15 is 0 Å². The van der Waals surface area contributed by atoms with E-state index in [2.05, 4.69) is 0 Å². The van der Waals surface area contributed by atoms with E-state index in [0.29, 0.717) is 14.2 Å². The highest BCUT2D eigenvalue weighted by molar-refractivity contribution is 8.26. The van der Waals surface area contributed by atoms with Gasteiger partial charge in [-0.15, -0.1) is 0 Å². The molecule has 0 spiro atoms. The van der Waals surface area contributed by atoms with Crippen molar-refractivity contribution in [2.45, 2.75) is 6.42 Å².